The van der Waals surface area contributed by atoms with Crippen LogP contribution in [0.3, 0.4) is 0 Å². The first kappa shape index (κ1) is 14.4. The number of rotatable bonds is 4. The summed E-state index contributed by atoms with van der Waals surface area (Å²) in [5.41, 5.74) is 0.629. The van der Waals surface area contributed by atoms with Gasteiger partial charge in [0, 0.05) is 25.0 Å². The van der Waals surface area contributed by atoms with Crippen molar-refractivity contribution < 1.29 is 9.90 Å². The maximum Gasteiger partial charge on any atom is 0.244 e. The largest absolute Gasteiger partial charge is 0.391 e. The summed E-state index contributed by atoms with van der Waals surface area (Å²) in [6.07, 6.45) is 5.91. The zero-order valence-corrected chi connectivity index (χ0v) is 11.1. The van der Waals surface area contributed by atoms with Gasteiger partial charge in [0.05, 0.1) is 6.10 Å². The van der Waals surface area contributed by atoms with Crippen LogP contribution in [-0.2, 0) is 4.79 Å². The maximum absolute atomic E-state index is 11.5. The Bertz CT molecular complexity index is 408. The molecular weight excluding hydrogens is 228 g/mol. The molecule has 1 aromatic heterocycles. The van der Waals surface area contributed by atoms with Gasteiger partial charge in [-0.1, -0.05) is 26.8 Å². The number of pyridine rings is 1. The van der Waals surface area contributed by atoms with Gasteiger partial charge >= 0.3 is 0 Å². The first-order chi connectivity index (χ1) is 8.39. The molecule has 0 radical (unpaired) electrons. The first-order valence-electron chi connectivity index (χ1n) is 5.93. The lowest BCUT2D eigenvalue weighted by molar-refractivity contribution is -0.117. The molecule has 0 saturated heterocycles. The molecule has 2 N–H and O–H groups in total. The van der Waals surface area contributed by atoms with Gasteiger partial charge in [-0.15, -0.1) is 0 Å². The molecule has 0 bridgehead atoms. The Labute approximate surface area is 108 Å². The molecule has 18 heavy (non-hydrogen) atoms. The van der Waals surface area contributed by atoms with E-state index in [4.69, 9.17) is 0 Å². The van der Waals surface area contributed by atoms with Crippen LogP contribution in [0.5, 0.6) is 0 Å². The van der Waals surface area contributed by atoms with Gasteiger partial charge in [0.15, 0.2) is 0 Å². The molecule has 1 unspecified atom stereocenters. The summed E-state index contributed by atoms with van der Waals surface area (Å²) in [7, 11) is 0. The van der Waals surface area contributed by atoms with Gasteiger partial charge in [-0.05, 0) is 23.1 Å². The molecule has 1 rings (SSSR count). The number of aliphatic hydroxyl groups excluding tert-OH is 1. The van der Waals surface area contributed by atoms with Crippen LogP contribution in [0, 0.1) is 5.41 Å². The van der Waals surface area contributed by atoms with E-state index in [1.807, 2.05) is 26.8 Å². The van der Waals surface area contributed by atoms with E-state index >= 15 is 0 Å². The zero-order valence-electron chi connectivity index (χ0n) is 11.1. The Kier molecular flexibility index (Phi) is 5.04. The van der Waals surface area contributed by atoms with Crippen molar-refractivity contribution in [3.05, 3.63) is 36.2 Å². The second-order valence-electron chi connectivity index (χ2n) is 5.25. The van der Waals surface area contributed by atoms with E-state index in [1.165, 1.54) is 6.08 Å². The molecular formula is C14H20N2O2. The van der Waals surface area contributed by atoms with Crippen LogP contribution >= 0.6 is 0 Å². The van der Waals surface area contributed by atoms with Crippen LogP contribution in [0.4, 0.5) is 0 Å². The standard InChI is InChI=1S/C14H20N2O2/c1-14(2,3)12(17)10-16-13(18)7-6-11-5-4-8-15-9-11/h4-9,12,17H,10H2,1-3H3,(H,16,18)/b7-6+. The van der Waals surface area contributed by atoms with Crippen LogP contribution in [0.2, 0.25) is 0 Å². The highest BCUT2D eigenvalue weighted by atomic mass is 16.3. The highest BCUT2D eigenvalue weighted by Gasteiger charge is 2.21. The Morgan fingerprint density at radius 3 is 2.83 bits per heavy atom. The Morgan fingerprint density at radius 1 is 1.56 bits per heavy atom. The number of nitrogens with one attached hydrogen (secondary N) is 1. The van der Waals surface area contributed by atoms with Crippen molar-refractivity contribution in [2.45, 2.75) is 26.9 Å². The van der Waals surface area contributed by atoms with E-state index in [1.54, 1.807) is 24.5 Å². The molecule has 4 nitrogen and oxygen atoms in total. The highest BCUT2D eigenvalue weighted by molar-refractivity contribution is 5.91. The average Bonchev–Trinajstić information content (AvgIpc) is 2.33. The first-order valence-corrected chi connectivity index (χ1v) is 5.93. The van der Waals surface area contributed by atoms with Gasteiger partial charge in [0.2, 0.25) is 5.91 Å². The fourth-order valence-corrected chi connectivity index (χ4v) is 1.21. The molecule has 1 atom stereocenters. The van der Waals surface area contributed by atoms with Gasteiger partial charge in [-0.25, -0.2) is 0 Å². The van der Waals surface area contributed by atoms with Crippen LogP contribution in [0.25, 0.3) is 6.08 Å². The molecule has 0 aromatic carbocycles. The summed E-state index contributed by atoms with van der Waals surface area (Å²) in [4.78, 5) is 15.5. The van der Waals surface area contributed by atoms with Gasteiger partial charge in [0.25, 0.3) is 0 Å². The average molecular weight is 248 g/mol. The third-order valence-corrected chi connectivity index (χ3v) is 2.58. The molecule has 0 aliphatic carbocycles. The number of aliphatic hydroxyl groups is 1. The quantitative estimate of drug-likeness (QED) is 0.796. The number of aromatic nitrogens is 1. The van der Waals surface area contributed by atoms with E-state index in [2.05, 4.69) is 10.3 Å². The molecule has 0 saturated carbocycles. The van der Waals surface area contributed by atoms with Crippen molar-refractivity contribution in [2.75, 3.05) is 6.54 Å². The van der Waals surface area contributed by atoms with E-state index < -0.39 is 6.10 Å². The summed E-state index contributed by atoms with van der Waals surface area (Å²) in [6.45, 7) is 6.03. The Morgan fingerprint density at radius 2 is 2.28 bits per heavy atom. The monoisotopic (exact) mass is 248 g/mol. The van der Waals surface area contributed by atoms with Crippen molar-refractivity contribution in [3.8, 4) is 0 Å². The second kappa shape index (κ2) is 6.31. The van der Waals surface area contributed by atoms with Gasteiger partial charge in [-0.3, -0.25) is 9.78 Å². The lowest BCUT2D eigenvalue weighted by atomic mass is 9.89. The molecule has 1 heterocycles. The topological polar surface area (TPSA) is 62.2 Å². The van der Waals surface area contributed by atoms with Crippen LogP contribution < -0.4 is 5.32 Å². The molecule has 0 spiro atoms. The number of carbonyl (C=O) groups excluding carboxylic acids is 1. The van der Waals surface area contributed by atoms with E-state index in [0.717, 1.165) is 5.56 Å². The Hall–Kier alpha value is -1.68. The lowest BCUT2D eigenvalue weighted by Crippen LogP contribution is -2.38. The molecule has 0 aliphatic rings. The van der Waals surface area contributed by atoms with Gasteiger partial charge < -0.3 is 10.4 Å². The SMILES string of the molecule is CC(C)(C)C(O)CNC(=O)/C=C/c1cccnc1. The molecule has 1 aromatic rings. The smallest absolute Gasteiger partial charge is 0.244 e. The van der Waals surface area contributed by atoms with Crippen molar-refractivity contribution in [1.82, 2.24) is 10.3 Å². The highest BCUT2D eigenvalue weighted by Crippen LogP contribution is 2.17. The second-order valence-corrected chi connectivity index (χ2v) is 5.25. The number of hydrogen-bond donors (Lipinski definition) is 2. The third-order valence-electron chi connectivity index (χ3n) is 2.58. The van der Waals surface area contributed by atoms with E-state index in [0.29, 0.717) is 0 Å². The fraction of sp³-hybridized carbons (Fsp3) is 0.429. The maximum atomic E-state index is 11.5. The number of hydrogen-bond acceptors (Lipinski definition) is 3. The minimum absolute atomic E-state index is 0.220. The minimum atomic E-state index is -0.562. The molecule has 4 heteroatoms. The number of amides is 1. The third kappa shape index (κ3) is 5.10. The van der Waals surface area contributed by atoms with Crippen molar-refractivity contribution >= 4 is 12.0 Å². The summed E-state index contributed by atoms with van der Waals surface area (Å²) in [5, 5.41) is 12.4. The van der Waals surface area contributed by atoms with Crippen molar-refractivity contribution in [3.63, 3.8) is 0 Å². The van der Waals surface area contributed by atoms with Crippen LogP contribution in [-0.4, -0.2) is 28.6 Å². The number of carbonyl (C=O) groups is 1. The van der Waals surface area contributed by atoms with Crippen LogP contribution in [0.15, 0.2) is 30.6 Å². The predicted molar refractivity (Wildman–Crippen MR) is 71.7 cm³/mol. The molecule has 1 amide bonds. The van der Waals surface area contributed by atoms with Gasteiger partial charge in [-0.2, -0.15) is 0 Å². The van der Waals surface area contributed by atoms with Crippen molar-refractivity contribution in [2.24, 2.45) is 5.41 Å². The molecule has 0 aliphatic heterocycles. The fourth-order valence-electron chi connectivity index (χ4n) is 1.21. The summed E-state index contributed by atoms with van der Waals surface area (Å²) in [6, 6.07) is 3.67. The lowest BCUT2D eigenvalue weighted by Gasteiger charge is -2.25. The summed E-state index contributed by atoms with van der Waals surface area (Å²) < 4.78 is 0. The predicted octanol–water partition coefficient (Wildman–Crippen LogP) is 1.62. The minimum Gasteiger partial charge on any atom is -0.391 e. The normalized spacial score (nSPS) is 13.6. The van der Waals surface area contributed by atoms with Gasteiger partial charge in [0.1, 0.15) is 0 Å². The van der Waals surface area contributed by atoms with E-state index in [9.17, 15) is 9.90 Å². The molecule has 0 fully saturated rings. The Balaban J connectivity index is 2.41. The number of nitrogens with zero attached hydrogens (tertiary/aromatic N) is 1. The van der Waals surface area contributed by atoms with Crippen LogP contribution in [0.1, 0.15) is 26.3 Å². The van der Waals surface area contributed by atoms with Crippen molar-refractivity contribution in [1.29, 1.82) is 0 Å². The zero-order chi connectivity index (χ0) is 13.6. The summed E-state index contributed by atoms with van der Waals surface area (Å²) >= 11 is 0. The summed E-state index contributed by atoms with van der Waals surface area (Å²) in [5.74, 6) is -0.220. The molecule has 98 valence electrons. The van der Waals surface area contributed by atoms with E-state index in [-0.39, 0.29) is 17.9 Å².